The average molecular weight is 421 g/mol. The molecule has 0 aliphatic carbocycles. The molecule has 6 heteroatoms. The first-order valence-electron chi connectivity index (χ1n) is 8.11. The zero-order valence-corrected chi connectivity index (χ0v) is 16.8. The van der Waals surface area contributed by atoms with Gasteiger partial charge in [0.25, 0.3) is 0 Å². The van der Waals surface area contributed by atoms with E-state index in [4.69, 9.17) is 0 Å². The molecule has 2 N–H and O–H groups in total. The van der Waals surface area contributed by atoms with Crippen molar-refractivity contribution in [2.75, 3.05) is 19.6 Å². The molecule has 0 radical (unpaired) electrons. The van der Waals surface area contributed by atoms with E-state index in [2.05, 4.69) is 47.7 Å². The molecule has 0 aliphatic heterocycles. The van der Waals surface area contributed by atoms with Gasteiger partial charge in [0.05, 0.1) is 6.20 Å². The number of nitrogens with zero attached hydrogens (tertiary/aromatic N) is 3. The van der Waals surface area contributed by atoms with E-state index >= 15 is 0 Å². The number of guanidine groups is 1. The first-order valence-corrected chi connectivity index (χ1v) is 8.11. The highest BCUT2D eigenvalue weighted by atomic mass is 127. The van der Waals surface area contributed by atoms with Crippen molar-refractivity contribution in [3.63, 3.8) is 0 Å². The number of halogens is 1. The smallest absolute Gasteiger partial charge is 0.191 e. The number of hydrogen-bond donors (Lipinski definition) is 2. The van der Waals surface area contributed by atoms with Crippen LogP contribution in [0, 0.1) is 5.92 Å². The Morgan fingerprint density at radius 2 is 2.09 bits per heavy atom. The first-order chi connectivity index (χ1) is 10.1. The molecule has 1 heterocycles. The molecule has 0 aromatic carbocycles. The summed E-state index contributed by atoms with van der Waals surface area (Å²) in [6.07, 6.45) is 8.65. The minimum absolute atomic E-state index is 0. The fraction of sp³-hybridized carbons (Fsp3) is 0.750. The second-order valence-corrected chi connectivity index (χ2v) is 5.85. The van der Waals surface area contributed by atoms with Gasteiger partial charge in [0, 0.05) is 32.9 Å². The SMILES string of the molecule is CCNC(=NCCCCC(C)C)NCCc1cnn(C)c1.I. The summed E-state index contributed by atoms with van der Waals surface area (Å²) in [6.45, 7) is 9.31. The zero-order chi connectivity index (χ0) is 15.5. The Morgan fingerprint density at radius 3 is 2.68 bits per heavy atom. The molecule has 22 heavy (non-hydrogen) atoms. The van der Waals surface area contributed by atoms with E-state index in [-0.39, 0.29) is 24.0 Å². The molecule has 0 amide bonds. The van der Waals surface area contributed by atoms with Gasteiger partial charge < -0.3 is 10.6 Å². The van der Waals surface area contributed by atoms with Crippen LogP contribution >= 0.6 is 24.0 Å². The second-order valence-electron chi connectivity index (χ2n) is 5.85. The van der Waals surface area contributed by atoms with Crippen LogP contribution in [0.25, 0.3) is 0 Å². The molecule has 0 saturated heterocycles. The molecular formula is C16H32IN5. The summed E-state index contributed by atoms with van der Waals surface area (Å²) < 4.78 is 1.84. The van der Waals surface area contributed by atoms with E-state index in [9.17, 15) is 0 Å². The molecule has 0 saturated carbocycles. The molecular weight excluding hydrogens is 389 g/mol. The van der Waals surface area contributed by atoms with Gasteiger partial charge in [-0.05, 0) is 31.2 Å². The van der Waals surface area contributed by atoms with E-state index in [1.165, 1.54) is 18.4 Å². The van der Waals surface area contributed by atoms with Crippen LogP contribution in [0.1, 0.15) is 45.6 Å². The normalized spacial score (nSPS) is 11.4. The quantitative estimate of drug-likeness (QED) is 0.279. The Hall–Kier alpha value is -0.790. The van der Waals surface area contributed by atoms with Crippen molar-refractivity contribution in [3.05, 3.63) is 18.0 Å². The molecule has 128 valence electrons. The monoisotopic (exact) mass is 421 g/mol. The lowest BCUT2D eigenvalue weighted by molar-refractivity contribution is 0.541. The van der Waals surface area contributed by atoms with Crippen molar-refractivity contribution in [1.29, 1.82) is 0 Å². The van der Waals surface area contributed by atoms with E-state index in [1.54, 1.807) is 0 Å². The van der Waals surface area contributed by atoms with Gasteiger partial charge in [-0.15, -0.1) is 24.0 Å². The number of aryl methyl sites for hydroxylation is 1. The number of aromatic nitrogens is 2. The minimum atomic E-state index is 0. The summed E-state index contributed by atoms with van der Waals surface area (Å²) in [4.78, 5) is 4.62. The van der Waals surface area contributed by atoms with Crippen molar-refractivity contribution in [2.24, 2.45) is 18.0 Å². The van der Waals surface area contributed by atoms with Crippen LogP contribution in [0.4, 0.5) is 0 Å². The third kappa shape index (κ3) is 10.0. The van der Waals surface area contributed by atoms with Crippen LogP contribution in [0.2, 0.25) is 0 Å². The standard InChI is InChI=1S/C16H31N5.HI/c1-5-17-16(18-10-7-6-8-14(2)3)19-11-9-15-12-20-21(4)13-15;/h12-14H,5-11H2,1-4H3,(H2,17,18,19);1H. The zero-order valence-electron chi connectivity index (χ0n) is 14.4. The first kappa shape index (κ1) is 21.2. The van der Waals surface area contributed by atoms with Crippen molar-refractivity contribution < 1.29 is 0 Å². The third-order valence-electron chi connectivity index (χ3n) is 3.27. The van der Waals surface area contributed by atoms with Gasteiger partial charge in [-0.1, -0.05) is 26.7 Å². The lowest BCUT2D eigenvalue weighted by atomic mass is 10.1. The minimum Gasteiger partial charge on any atom is -0.357 e. The van der Waals surface area contributed by atoms with Gasteiger partial charge in [-0.2, -0.15) is 5.10 Å². The van der Waals surface area contributed by atoms with Gasteiger partial charge in [-0.3, -0.25) is 9.67 Å². The Bertz CT molecular complexity index is 414. The Labute approximate surface area is 152 Å². The molecule has 0 bridgehead atoms. The highest BCUT2D eigenvalue weighted by Gasteiger charge is 1.99. The highest BCUT2D eigenvalue weighted by Crippen LogP contribution is 2.05. The average Bonchev–Trinajstić information content (AvgIpc) is 2.83. The topological polar surface area (TPSA) is 54.2 Å². The van der Waals surface area contributed by atoms with Crippen LogP contribution in [0.5, 0.6) is 0 Å². The summed E-state index contributed by atoms with van der Waals surface area (Å²) in [5, 5.41) is 10.8. The summed E-state index contributed by atoms with van der Waals surface area (Å²) in [5.74, 6) is 1.71. The van der Waals surface area contributed by atoms with Gasteiger partial charge in [0.15, 0.2) is 5.96 Å². The molecule has 0 fully saturated rings. The number of hydrogen-bond acceptors (Lipinski definition) is 2. The van der Waals surface area contributed by atoms with Crippen LogP contribution < -0.4 is 10.6 Å². The maximum Gasteiger partial charge on any atom is 0.191 e. The van der Waals surface area contributed by atoms with Crippen LogP contribution in [0.3, 0.4) is 0 Å². The molecule has 0 aliphatic rings. The fourth-order valence-corrected chi connectivity index (χ4v) is 2.12. The molecule has 1 rings (SSSR count). The van der Waals surface area contributed by atoms with Crippen LogP contribution in [-0.2, 0) is 13.5 Å². The van der Waals surface area contributed by atoms with Crippen LogP contribution in [0.15, 0.2) is 17.4 Å². The maximum atomic E-state index is 4.62. The van der Waals surface area contributed by atoms with Crippen molar-refractivity contribution >= 4 is 29.9 Å². The van der Waals surface area contributed by atoms with Crippen molar-refractivity contribution in [1.82, 2.24) is 20.4 Å². The number of nitrogens with one attached hydrogen (secondary N) is 2. The lowest BCUT2D eigenvalue weighted by Crippen LogP contribution is -2.38. The van der Waals surface area contributed by atoms with E-state index in [0.29, 0.717) is 0 Å². The lowest BCUT2D eigenvalue weighted by Gasteiger charge is -2.11. The number of rotatable bonds is 9. The number of unbranched alkanes of at least 4 members (excludes halogenated alkanes) is 1. The van der Waals surface area contributed by atoms with Gasteiger partial charge in [0.1, 0.15) is 0 Å². The molecule has 1 aromatic heterocycles. The summed E-state index contributed by atoms with van der Waals surface area (Å²) >= 11 is 0. The summed E-state index contributed by atoms with van der Waals surface area (Å²) in [7, 11) is 1.94. The second kappa shape index (κ2) is 12.7. The molecule has 0 atom stereocenters. The largest absolute Gasteiger partial charge is 0.357 e. The van der Waals surface area contributed by atoms with Crippen molar-refractivity contribution in [2.45, 2.75) is 46.5 Å². The predicted molar refractivity (Wildman–Crippen MR) is 105 cm³/mol. The van der Waals surface area contributed by atoms with E-state index < -0.39 is 0 Å². The molecule has 0 spiro atoms. The van der Waals surface area contributed by atoms with E-state index in [1.807, 2.05) is 17.9 Å². The fourth-order valence-electron chi connectivity index (χ4n) is 2.12. The molecule has 0 unspecified atom stereocenters. The van der Waals surface area contributed by atoms with E-state index in [0.717, 1.165) is 44.4 Å². The van der Waals surface area contributed by atoms with Crippen LogP contribution in [-0.4, -0.2) is 35.4 Å². The van der Waals surface area contributed by atoms with Crippen molar-refractivity contribution in [3.8, 4) is 0 Å². The maximum absolute atomic E-state index is 4.62. The predicted octanol–water partition coefficient (Wildman–Crippen LogP) is 2.96. The summed E-state index contributed by atoms with van der Waals surface area (Å²) in [5.41, 5.74) is 1.25. The van der Waals surface area contributed by atoms with Gasteiger partial charge in [-0.25, -0.2) is 0 Å². The number of aliphatic imine (C=N–C) groups is 1. The molecule has 5 nitrogen and oxygen atoms in total. The van der Waals surface area contributed by atoms with Gasteiger partial charge in [0.2, 0.25) is 0 Å². The highest BCUT2D eigenvalue weighted by molar-refractivity contribution is 14.0. The Morgan fingerprint density at radius 1 is 1.32 bits per heavy atom. The Balaban J connectivity index is 0.00000441. The van der Waals surface area contributed by atoms with Gasteiger partial charge >= 0.3 is 0 Å². The molecule has 1 aromatic rings. The third-order valence-corrected chi connectivity index (χ3v) is 3.27. The Kier molecular flexibility index (Phi) is 12.3. The summed E-state index contributed by atoms with van der Waals surface area (Å²) in [6, 6.07) is 0.